The van der Waals surface area contributed by atoms with E-state index in [0.717, 1.165) is 29.0 Å². The Labute approximate surface area is 321 Å². The normalized spacial score (nSPS) is 11.4. The van der Waals surface area contributed by atoms with Crippen LogP contribution in [0.1, 0.15) is 12.7 Å². The lowest BCUT2D eigenvalue weighted by molar-refractivity contribution is 0.908. The van der Waals surface area contributed by atoms with Crippen molar-refractivity contribution in [2.75, 3.05) is 0 Å². The van der Waals surface area contributed by atoms with Gasteiger partial charge in [-0.1, -0.05) is 171 Å². The maximum absolute atomic E-state index is 4.96. The summed E-state index contributed by atoms with van der Waals surface area (Å²) in [5.41, 5.74) is 15.4. The Morgan fingerprint density at radius 3 is 1.58 bits per heavy atom. The molecule has 2 heteroatoms. The summed E-state index contributed by atoms with van der Waals surface area (Å²) in [5.74, 6) is 1.06. The maximum atomic E-state index is 4.96. The third kappa shape index (κ3) is 5.71. The van der Waals surface area contributed by atoms with Crippen molar-refractivity contribution in [2.24, 2.45) is 0 Å². The first-order chi connectivity index (χ1) is 27.2. The van der Waals surface area contributed by atoms with E-state index in [0.29, 0.717) is 0 Å². The quantitative estimate of drug-likeness (QED) is 0.151. The average molecular weight is 703 g/mol. The van der Waals surface area contributed by atoms with Crippen molar-refractivity contribution in [3.8, 4) is 61.3 Å². The fourth-order valence-corrected chi connectivity index (χ4v) is 8.40. The first kappa shape index (κ1) is 32.6. The summed E-state index contributed by atoms with van der Waals surface area (Å²) >= 11 is 0. The molecule has 0 unspecified atom stereocenters. The number of aromatic nitrogens is 2. The molecule has 260 valence electrons. The van der Waals surface area contributed by atoms with Crippen LogP contribution in [0.3, 0.4) is 0 Å². The molecule has 0 radical (unpaired) electrons. The van der Waals surface area contributed by atoms with Gasteiger partial charge >= 0.3 is 0 Å². The van der Waals surface area contributed by atoms with Gasteiger partial charge in [-0.15, -0.1) is 0 Å². The molecule has 1 heterocycles. The lowest BCUT2D eigenvalue weighted by atomic mass is 9.82. The number of imidazole rings is 1. The highest BCUT2D eigenvalue weighted by Crippen LogP contribution is 2.48. The fraction of sp³-hybridized carbons (Fsp3) is 0.0377. The maximum Gasteiger partial charge on any atom is 0.114 e. The summed E-state index contributed by atoms with van der Waals surface area (Å²) in [7, 11) is 0. The smallest absolute Gasteiger partial charge is 0.114 e. The molecule has 0 N–H and O–H groups in total. The van der Waals surface area contributed by atoms with Crippen LogP contribution in [0.2, 0.25) is 0 Å². The Morgan fingerprint density at radius 1 is 0.382 bits per heavy atom. The molecule has 0 bridgehead atoms. The molecular formula is C53H38N2. The first-order valence-electron chi connectivity index (χ1n) is 19.1. The Kier molecular flexibility index (Phi) is 8.15. The van der Waals surface area contributed by atoms with Crippen molar-refractivity contribution in [1.82, 2.24) is 9.55 Å². The predicted molar refractivity (Wildman–Crippen MR) is 233 cm³/mol. The zero-order valence-electron chi connectivity index (χ0n) is 30.7. The second-order valence-corrected chi connectivity index (χ2v) is 14.2. The highest BCUT2D eigenvalue weighted by Gasteiger charge is 2.21. The van der Waals surface area contributed by atoms with E-state index in [2.05, 4.69) is 212 Å². The number of hydrogen-bond acceptors (Lipinski definition) is 1. The van der Waals surface area contributed by atoms with Crippen LogP contribution in [0.25, 0.3) is 93.9 Å². The van der Waals surface area contributed by atoms with E-state index < -0.39 is 0 Å². The van der Waals surface area contributed by atoms with E-state index in [9.17, 15) is 0 Å². The van der Waals surface area contributed by atoms with Crippen molar-refractivity contribution in [2.45, 2.75) is 13.3 Å². The molecule has 10 aromatic rings. The Morgan fingerprint density at radius 2 is 0.909 bits per heavy atom. The first-order valence-corrected chi connectivity index (χ1v) is 19.1. The van der Waals surface area contributed by atoms with Crippen LogP contribution in [0.15, 0.2) is 200 Å². The number of para-hydroxylation sites is 2. The molecule has 1 aromatic heterocycles. The molecule has 10 rings (SSSR count). The molecular weight excluding hydrogens is 665 g/mol. The molecule has 0 spiro atoms. The van der Waals surface area contributed by atoms with Gasteiger partial charge in [0.05, 0.1) is 11.0 Å². The lowest BCUT2D eigenvalue weighted by Crippen LogP contribution is -2.00. The highest BCUT2D eigenvalue weighted by atomic mass is 15.1. The van der Waals surface area contributed by atoms with Gasteiger partial charge in [0.1, 0.15) is 5.82 Å². The number of nitrogens with zero attached hydrogens (tertiary/aromatic N) is 2. The van der Waals surface area contributed by atoms with Gasteiger partial charge in [-0.25, -0.2) is 4.98 Å². The number of fused-ring (bicyclic) bond motifs is 3. The summed E-state index contributed by atoms with van der Waals surface area (Å²) in [5, 5.41) is 4.93. The van der Waals surface area contributed by atoms with E-state index in [1.807, 2.05) is 0 Å². The molecule has 0 atom stereocenters. The van der Waals surface area contributed by atoms with Gasteiger partial charge < -0.3 is 0 Å². The molecule has 55 heavy (non-hydrogen) atoms. The van der Waals surface area contributed by atoms with E-state index in [4.69, 9.17) is 4.98 Å². The van der Waals surface area contributed by atoms with Crippen molar-refractivity contribution in [3.05, 3.63) is 206 Å². The molecule has 0 fully saturated rings. The lowest BCUT2D eigenvalue weighted by Gasteiger charge is -2.21. The standard InChI is InChI=1S/C53H38N2/c1-2-51-54-49-24-14-15-25-50(49)55(51)42-30-26-39(27-31-42)52-44-22-12-13-23-45(44)53(48-35-41(29-33-46(48)52)37-18-8-4-9-19-37)47-34-40(36-16-6-3-7-17-36)28-32-43(47)38-20-10-5-11-21-38/h3-35H,2H2,1H3. The number of hydrogen-bond donors (Lipinski definition) is 0. The molecule has 2 nitrogen and oxygen atoms in total. The highest BCUT2D eigenvalue weighted by molar-refractivity contribution is 6.23. The monoisotopic (exact) mass is 702 g/mol. The van der Waals surface area contributed by atoms with Crippen molar-refractivity contribution < 1.29 is 0 Å². The zero-order valence-corrected chi connectivity index (χ0v) is 30.7. The van der Waals surface area contributed by atoms with Gasteiger partial charge in [-0.3, -0.25) is 4.57 Å². The van der Waals surface area contributed by atoms with Crippen molar-refractivity contribution in [3.63, 3.8) is 0 Å². The molecule has 0 aliphatic heterocycles. The summed E-state index contributed by atoms with van der Waals surface area (Å²) in [4.78, 5) is 4.96. The van der Waals surface area contributed by atoms with Gasteiger partial charge in [0.25, 0.3) is 0 Å². The number of benzene rings is 9. The van der Waals surface area contributed by atoms with Gasteiger partial charge in [-0.05, 0) is 114 Å². The van der Waals surface area contributed by atoms with Crippen molar-refractivity contribution in [1.29, 1.82) is 0 Å². The minimum atomic E-state index is 0.855. The van der Waals surface area contributed by atoms with Crippen LogP contribution < -0.4 is 0 Å². The molecule has 0 saturated heterocycles. The molecule has 0 aliphatic rings. The molecule has 0 amide bonds. The van der Waals surface area contributed by atoms with Gasteiger partial charge in [0.15, 0.2) is 0 Å². The van der Waals surface area contributed by atoms with Gasteiger partial charge in [0, 0.05) is 12.1 Å². The minimum absolute atomic E-state index is 0.855. The summed E-state index contributed by atoms with van der Waals surface area (Å²) < 4.78 is 2.30. The third-order valence-electron chi connectivity index (χ3n) is 11.0. The van der Waals surface area contributed by atoms with Gasteiger partial charge in [0.2, 0.25) is 0 Å². The van der Waals surface area contributed by atoms with Crippen molar-refractivity contribution >= 4 is 32.6 Å². The average Bonchev–Trinajstić information content (AvgIpc) is 3.65. The van der Waals surface area contributed by atoms with E-state index in [1.165, 1.54) is 77.2 Å². The Hall–Kier alpha value is -7.03. The minimum Gasteiger partial charge on any atom is -0.296 e. The van der Waals surface area contributed by atoms with Crippen LogP contribution in [0, 0.1) is 0 Å². The van der Waals surface area contributed by atoms with E-state index >= 15 is 0 Å². The topological polar surface area (TPSA) is 17.8 Å². The van der Waals surface area contributed by atoms with Crippen LogP contribution in [-0.4, -0.2) is 9.55 Å². The summed E-state index contributed by atoms with van der Waals surface area (Å²) in [6.07, 6.45) is 0.855. The Bertz CT molecular complexity index is 2980. The van der Waals surface area contributed by atoms with Crippen LogP contribution in [0.5, 0.6) is 0 Å². The SMILES string of the molecule is CCc1nc2ccccc2n1-c1ccc(-c2c3ccccc3c(-c3cc(-c4ccccc4)ccc3-c3ccccc3)c3cc(-c4ccccc4)ccc23)cc1. The van der Waals surface area contributed by atoms with Gasteiger partial charge in [-0.2, -0.15) is 0 Å². The van der Waals surface area contributed by atoms with Crippen LogP contribution >= 0.6 is 0 Å². The number of rotatable bonds is 7. The second-order valence-electron chi connectivity index (χ2n) is 14.2. The third-order valence-corrected chi connectivity index (χ3v) is 11.0. The Balaban J connectivity index is 1.27. The van der Waals surface area contributed by atoms with E-state index in [-0.39, 0.29) is 0 Å². The zero-order chi connectivity index (χ0) is 36.7. The fourth-order valence-electron chi connectivity index (χ4n) is 8.40. The molecule has 0 aliphatic carbocycles. The molecule has 9 aromatic carbocycles. The summed E-state index contributed by atoms with van der Waals surface area (Å²) in [6.45, 7) is 2.17. The van der Waals surface area contributed by atoms with Crippen LogP contribution in [-0.2, 0) is 6.42 Å². The van der Waals surface area contributed by atoms with Crippen LogP contribution in [0.4, 0.5) is 0 Å². The molecule has 0 saturated carbocycles. The number of aryl methyl sites for hydroxylation is 1. The second kappa shape index (κ2) is 13.7. The van der Waals surface area contributed by atoms with E-state index in [1.54, 1.807) is 0 Å². The predicted octanol–water partition coefficient (Wildman–Crippen LogP) is 14.2. The largest absolute Gasteiger partial charge is 0.296 e. The summed E-state index contributed by atoms with van der Waals surface area (Å²) in [6, 6.07) is 72.8.